The maximum Gasteiger partial charge on any atom is 0.195 e. The van der Waals surface area contributed by atoms with Crippen LogP contribution in [-0.4, -0.2) is 33.0 Å². The van der Waals surface area contributed by atoms with Crippen LogP contribution in [0.2, 0.25) is 0 Å². The summed E-state index contributed by atoms with van der Waals surface area (Å²) in [6.07, 6.45) is 2.35. The molecule has 0 spiro atoms. The molecule has 2 aromatic carbocycles. The van der Waals surface area contributed by atoms with E-state index in [2.05, 4.69) is 10.3 Å². The van der Waals surface area contributed by atoms with Gasteiger partial charge in [0.05, 0.1) is 27.0 Å². The number of nitrogens with one attached hydrogen (secondary N) is 1. The Morgan fingerprint density at radius 1 is 1.00 bits per heavy atom. The van der Waals surface area contributed by atoms with Gasteiger partial charge in [0.25, 0.3) is 0 Å². The van der Waals surface area contributed by atoms with Gasteiger partial charge in [-0.25, -0.2) is 4.99 Å². The van der Waals surface area contributed by atoms with Crippen molar-refractivity contribution in [2.45, 2.75) is 12.1 Å². The van der Waals surface area contributed by atoms with Crippen LogP contribution in [0.1, 0.15) is 11.1 Å². The molecule has 3 rings (SSSR count). The van der Waals surface area contributed by atoms with Gasteiger partial charge in [0.2, 0.25) is 0 Å². The van der Waals surface area contributed by atoms with Crippen molar-refractivity contribution in [3.63, 3.8) is 0 Å². The number of methoxy groups -OCH3 is 3. The summed E-state index contributed by atoms with van der Waals surface area (Å²) >= 11 is 0. The third-order valence-electron chi connectivity index (χ3n) is 4.31. The number of hydrogen-bond donors (Lipinski definition) is 3. The molecule has 27 heavy (non-hydrogen) atoms. The Labute approximate surface area is 158 Å². The van der Waals surface area contributed by atoms with Crippen LogP contribution in [0.25, 0.3) is 5.70 Å². The molecule has 0 saturated carbocycles. The average molecular weight is 368 g/mol. The Hall–Kier alpha value is -3.19. The lowest BCUT2D eigenvalue weighted by Crippen LogP contribution is -2.59. The predicted octanol–water partition coefficient (Wildman–Crippen LogP) is 1.87. The van der Waals surface area contributed by atoms with Gasteiger partial charge in [-0.2, -0.15) is 0 Å². The van der Waals surface area contributed by atoms with Gasteiger partial charge in [-0.15, -0.1) is 0 Å². The largest absolute Gasteiger partial charge is 0.497 e. The van der Waals surface area contributed by atoms with Crippen LogP contribution >= 0.6 is 0 Å². The Morgan fingerprint density at radius 2 is 1.78 bits per heavy atom. The number of ether oxygens (including phenoxy) is 3. The molecule has 1 aliphatic heterocycles. The van der Waals surface area contributed by atoms with Crippen molar-refractivity contribution in [1.82, 2.24) is 5.32 Å². The van der Waals surface area contributed by atoms with Crippen LogP contribution in [0.15, 0.2) is 53.5 Å². The van der Waals surface area contributed by atoms with E-state index in [1.54, 1.807) is 21.3 Å². The molecule has 0 aliphatic carbocycles. The van der Waals surface area contributed by atoms with Crippen molar-refractivity contribution >= 4 is 11.7 Å². The normalized spacial score (nSPS) is 18.8. The second-order valence-electron chi connectivity index (χ2n) is 6.29. The second kappa shape index (κ2) is 7.59. The van der Waals surface area contributed by atoms with E-state index in [4.69, 9.17) is 25.7 Å². The van der Waals surface area contributed by atoms with Gasteiger partial charge in [-0.3, -0.25) is 0 Å². The molecule has 2 aromatic rings. The number of guanidine groups is 1. The summed E-state index contributed by atoms with van der Waals surface area (Å²) in [6, 6.07) is 13.3. The zero-order chi connectivity index (χ0) is 19.4. The number of aliphatic imine (C=N–C) groups is 1. The van der Waals surface area contributed by atoms with Crippen molar-refractivity contribution in [2.24, 2.45) is 16.5 Å². The van der Waals surface area contributed by atoms with Crippen LogP contribution in [0.4, 0.5) is 0 Å². The zero-order valence-electron chi connectivity index (χ0n) is 15.7. The minimum Gasteiger partial charge on any atom is -0.497 e. The smallest absolute Gasteiger partial charge is 0.195 e. The van der Waals surface area contributed by atoms with Crippen LogP contribution < -0.4 is 31.0 Å². The lowest BCUT2D eigenvalue weighted by molar-refractivity contribution is 0.354. The van der Waals surface area contributed by atoms with Crippen molar-refractivity contribution in [3.05, 3.63) is 59.7 Å². The van der Waals surface area contributed by atoms with Gasteiger partial charge in [0, 0.05) is 12.0 Å². The molecule has 7 nitrogen and oxygen atoms in total. The highest BCUT2D eigenvalue weighted by molar-refractivity contribution is 5.88. The highest BCUT2D eigenvalue weighted by atomic mass is 16.5. The minimum absolute atomic E-state index is 0.262. The first-order valence-electron chi connectivity index (χ1n) is 8.46. The van der Waals surface area contributed by atoms with E-state index in [1.807, 2.05) is 48.5 Å². The summed E-state index contributed by atoms with van der Waals surface area (Å²) in [5.41, 5.74) is 14.2. The van der Waals surface area contributed by atoms with Crippen molar-refractivity contribution in [3.8, 4) is 17.2 Å². The molecule has 0 fully saturated rings. The van der Waals surface area contributed by atoms with Gasteiger partial charge < -0.3 is 31.0 Å². The highest BCUT2D eigenvalue weighted by Gasteiger charge is 2.28. The summed E-state index contributed by atoms with van der Waals surface area (Å²) in [7, 11) is 4.83. The van der Waals surface area contributed by atoms with E-state index in [0.29, 0.717) is 23.6 Å². The second-order valence-corrected chi connectivity index (χ2v) is 6.29. The monoisotopic (exact) mass is 368 g/mol. The standard InChI is InChI=1S/C20H24N4O3/c1-25-15-6-4-5-14(10-15)16-12-20(22,24-19(21)23-16)11-13-7-8-17(26-2)18(9-13)27-3/h4-10,12H,11,22H2,1-3H3,(H3,21,23,24). The fourth-order valence-corrected chi connectivity index (χ4v) is 3.06. The molecular weight excluding hydrogens is 344 g/mol. The van der Waals surface area contributed by atoms with Crippen LogP contribution in [-0.2, 0) is 6.42 Å². The van der Waals surface area contributed by atoms with Gasteiger partial charge in [0.1, 0.15) is 11.4 Å². The third-order valence-corrected chi connectivity index (χ3v) is 4.31. The molecule has 0 saturated heterocycles. The Morgan fingerprint density at radius 3 is 2.48 bits per heavy atom. The minimum atomic E-state index is -0.899. The van der Waals surface area contributed by atoms with Crippen LogP contribution in [0.5, 0.6) is 17.2 Å². The maximum atomic E-state index is 6.59. The van der Waals surface area contributed by atoms with Crippen LogP contribution in [0, 0.1) is 0 Å². The quantitative estimate of drug-likeness (QED) is 0.719. The molecule has 1 heterocycles. The number of nitrogens with two attached hydrogens (primary N) is 2. The SMILES string of the molecule is COc1cccc(C2=CC(N)(Cc3ccc(OC)c(OC)c3)NC(N)=N2)c1. The molecule has 5 N–H and O–H groups in total. The summed E-state index contributed by atoms with van der Waals surface area (Å²) in [6.45, 7) is 0. The third kappa shape index (κ3) is 4.15. The van der Waals surface area contributed by atoms with Gasteiger partial charge in [-0.05, 0) is 35.9 Å². The lowest BCUT2D eigenvalue weighted by atomic mass is 9.96. The average Bonchev–Trinajstić information content (AvgIpc) is 2.66. The van der Waals surface area contributed by atoms with Gasteiger partial charge in [0.15, 0.2) is 17.5 Å². The van der Waals surface area contributed by atoms with Crippen molar-refractivity contribution in [2.75, 3.05) is 21.3 Å². The fraction of sp³-hybridized carbons (Fsp3) is 0.250. The molecular formula is C20H24N4O3. The van der Waals surface area contributed by atoms with Crippen molar-refractivity contribution in [1.29, 1.82) is 0 Å². The van der Waals surface area contributed by atoms with E-state index < -0.39 is 5.66 Å². The van der Waals surface area contributed by atoms with E-state index in [-0.39, 0.29) is 5.96 Å². The molecule has 142 valence electrons. The van der Waals surface area contributed by atoms with Crippen LogP contribution in [0.3, 0.4) is 0 Å². The maximum absolute atomic E-state index is 6.59. The van der Waals surface area contributed by atoms with E-state index in [0.717, 1.165) is 16.9 Å². The van der Waals surface area contributed by atoms with E-state index >= 15 is 0 Å². The van der Waals surface area contributed by atoms with E-state index in [9.17, 15) is 0 Å². The Kier molecular flexibility index (Phi) is 5.23. The zero-order valence-corrected chi connectivity index (χ0v) is 15.7. The molecule has 7 heteroatoms. The molecule has 0 aromatic heterocycles. The first-order chi connectivity index (χ1) is 13.0. The lowest BCUT2D eigenvalue weighted by Gasteiger charge is -2.32. The first kappa shape index (κ1) is 18.6. The fourth-order valence-electron chi connectivity index (χ4n) is 3.06. The summed E-state index contributed by atoms with van der Waals surface area (Å²) in [5.74, 6) is 2.31. The summed E-state index contributed by atoms with van der Waals surface area (Å²) in [5, 5.41) is 3.06. The number of nitrogens with zero attached hydrogens (tertiary/aromatic N) is 1. The summed E-state index contributed by atoms with van der Waals surface area (Å²) in [4.78, 5) is 4.39. The molecule has 1 unspecified atom stereocenters. The number of benzene rings is 2. The predicted molar refractivity (Wildman–Crippen MR) is 106 cm³/mol. The molecule has 0 radical (unpaired) electrons. The number of hydrogen-bond acceptors (Lipinski definition) is 7. The molecule has 1 atom stereocenters. The topological polar surface area (TPSA) is 104 Å². The molecule has 0 bridgehead atoms. The van der Waals surface area contributed by atoms with E-state index in [1.165, 1.54) is 0 Å². The van der Waals surface area contributed by atoms with Gasteiger partial charge in [-0.1, -0.05) is 18.2 Å². The molecule has 1 aliphatic rings. The molecule has 0 amide bonds. The van der Waals surface area contributed by atoms with Gasteiger partial charge >= 0.3 is 0 Å². The van der Waals surface area contributed by atoms with Crippen molar-refractivity contribution < 1.29 is 14.2 Å². The Balaban J connectivity index is 1.92. The number of rotatable bonds is 6. The first-order valence-corrected chi connectivity index (χ1v) is 8.46. The highest BCUT2D eigenvalue weighted by Crippen LogP contribution is 2.30. The Bertz CT molecular complexity index is 895. The summed E-state index contributed by atoms with van der Waals surface area (Å²) < 4.78 is 15.9.